The molecule has 1 aromatic rings. The molecule has 1 rings (SSSR count). The van der Waals surface area contributed by atoms with Crippen LogP contribution in [0.2, 0.25) is 0 Å². The van der Waals surface area contributed by atoms with Crippen molar-refractivity contribution in [3.63, 3.8) is 0 Å². The van der Waals surface area contributed by atoms with Crippen molar-refractivity contribution < 1.29 is 0 Å². The Hall–Kier alpha value is -0.350. The van der Waals surface area contributed by atoms with Crippen LogP contribution in [0.1, 0.15) is 52.3 Å². The summed E-state index contributed by atoms with van der Waals surface area (Å²) in [7, 11) is 0. The molecule has 0 saturated heterocycles. The Labute approximate surface area is 107 Å². The van der Waals surface area contributed by atoms with E-state index < -0.39 is 0 Å². The molecule has 0 bridgehead atoms. The van der Waals surface area contributed by atoms with E-state index in [1.54, 1.807) is 0 Å². The Morgan fingerprint density at radius 2 is 2.19 bits per heavy atom. The Kier molecular flexibility index (Phi) is 4.99. The third-order valence-electron chi connectivity index (χ3n) is 2.79. The Morgan fingerprint density at radius 3 is 2.62 bits per heavy atom. The molecule has 1 N–H and O–H groups in total. The van der Waals surface area contributed by atoms with Crippen LogP contribution in [0, 0.1) is 0 Å². The number of hydrogen-bond acceptors (Lipinski definition) is 4. The van der Waals surface area contributed by atoms with E-state index in [1.165, 1.54) is 11.5 Å². The van der Waals surface area contributed by atoms with Gasteiger partial charge in [0, 0.05) is 28.9 Å². The summed E-state index contributed by atoms with van der Waals surface area (Å²) in [6.45, 7) is 8.53. The molecule has 1 atom stereocenters. The van der Waals surface area contributed by atoms with Gasteiger partial charge in [0.25, 0.3) is 0 Å². The molecule has 0 saturated carbocycles. The summed E-state index contributed by atoms with van der Waals surface area (Å²) in [5.74, 6) is 1.96. The summed E-state index contributed by atoms with van der Waals surface area (Å²) in [5, 5.41) is 4.34. The predicted molar refractivity (Wildman–Crippen MR) is 71.7 cm³/mol. The van der Waals surface area contributed by atoms with Gasteiger partial charge in [-0.25, -0.2) is 4.98 Å². The van der Waals surface area contributed by atoms with E-state index in [2.05, 4.69) is 42.4 Å². The minimum atomic E-state index is 0.0233. The van der Waals surface area contributed by atoms with Gasteiger partial charge in [0.1, 0.15) is 5.82 Å². The topological polar surface area (TPSA) is 37.8 Å². The highest BCUT2D eigenvalue weighted by Gasteiger charge is 2.22. The summed E-state index contributed by atoms with van der Waals surface area (Å²) in [5.41, 5.74) is 0.0233. The zero-order valence-electron chi connectivity index (χ0n) is 10.4. The molecule has 92 valence electrons. The summed E-state index contributed by atoms with van der Waals surface area (Å²) in [4.78, 5) is 4.48. The third-order valence-corrected chi connectivity index (χ3v) is 3.63. The second-order valence-electron chi connectivity index (χ2n) is 4.59. The highest BCUT2D eigenvalue weighted by atomic mass is 35.5. The lowest BCUT2D eigenvalue weighted by Crippen LogP contribution is -2.34. The normalized spacial score (nSPS) is 15.1. The minimum Gasteiger partial charge on any atom is -0.355 e. The number of rotatable bonds is 6. The van der Waals surface area contributed by atoms with E-state index in [1.807, 2.05) is 0 Å². The number of nitrogens with one attached hydrogen (secondary N) is 1. The quantitative estimate of drug-likeness (QED) is 0.790. The van der Waals surface area contributed by atoms with Crippen molar-refractivity contribution in [2.24, 2.45) is 0 Å². The molecule has 0 radical (unpaired) electrons. The molecule has 0 aliphatic heterocycles. The van der Waals surface area contributed by atoms with E-state index in [0.717, 1.165) is 23.8 Å². The van der Waals surface area contributed by atoms with Gasteiger partial charge in [-0.05, 0) is 19.8 Å². The zero-order valence-corrected chi connectivity index (χ0v) is 12.0. The molecule has 0 spiro atoms. The molecule has 0 fully saturated rings. The van der Waals surface area contributed by atoms with Gasteiger partial charge in [-0.1, -0.05) is 20.8 Å². The standard InChI is InChI=1S/C11H20ClN3S/c1-5-11(4,6-7-12)14-10-13-9(8(2)3)15-16-10/h8H,5-7H2,1-4H3,(H,13,14,15). The number of hydrogen-bond donors (Lipinski definition) is 1. The summed E-state index contributed by atoms with van der Waals surface area (Å²) in [6, 6.07) is 0. The summed E-state index contributed by atoms with van der Waals surface area (Å²) >= 11 is 7.24. The summed E-state index contributed by atoms with van der Waals surface area (Å²) < 4.78 is 4.33. The highest BCUT2D eigenvalue weighted by Crippen LogP contribution is 2.25. The number of anilines is 1. The van der Waals surface area contributed by atoms with Gasteiger partial charge >= 0.3 is 0 Å². The van der Waals surface area contributed by atoms with Crippen molar-refractivity contribution >= 4 is 28.3 Å². The zero-order chi connectivity index (χ0) is 12.2. The van der Waals surface area contributed by atoms with Crippen LogP contribution < -0.4 is 5.32 Å². The number of nitrogens with zero attached hydrogens (tertiary/aromatic N) is 2. The molecule has 1 aromatic heterocycles. The molecular weight excluding hydrogens is 242 g/mol. The van der Waals surface area contributed by atoms with Gasteiger partial charge in [-0.2, -0.15) is 4.37 Å². The van der Waals surface area contributed by atoms with E-state index in [-0.39, 0.29) is 5.54 Å². The van der Waals surface area contributed by atoms with Crippen LogP contribution in [0.15, 0.2) is 0 Å². The van der Waals surface area contributed by atoms with Gasteiger partial charge in [-0.15, -0.1) is 11.6 Å². The second-order valence-corrected chi connectivity index (χ2v) is 5.72. The molecule has 0 aromatic carbocycles. The maximum absolute atomic E-state index is 5.81. The van der Waals surface area contributed by atoms with Crippen LogP contribution >= 0.6 is 23.1 Å². The van der Waals surface area contributed by atoms with Gasteiger partial charge in [-0.3, -0.25) is 0 Å². The first kappa shape index (κ1) is 13.7. The first-order chi connectivity index (χ1) is 7.50. The molecule has 3 nitrogen and oxygen atoms in total. The maximum Gasteiger partial charge on any atom is 0.203 e. The Bertz CT molecular complexity index is 327. The second kappa shape index (κ2) is 5.82. The van der Waals surface area contributed by atoms with E-state index in [9.17, 15) is 0 Å². The van der Waals surface area contributed by atoms with Gasteiger partial charge < -0.3 is 5.32 Å². The van der Waals surface area contributed by atoms with E-state index >= 15 is 0 Å². The fraction of sp³-hybridized carbons (Fsp3) is 0.818. The van der Waals surface area contributed by atoms with Gasteiger partial charge in [0.2, 0.25) is 5.13 Å². The van der Waals surface area contributed by atoms with Gasteiger partial charge in [0.15, 0.2) is 0 Å². The molecule has 1 unspecified atom stereocenters. The molecule has 0 amide bonds. The van der Waals surface area contributed by atoms with Crippen LogP contribution in [0.25, 0.3) is 0 Å². The molecule has 16 heavy (non-hydrogen) atoms. The first-order valence-electron chi connectivity index (χ1n) is 5.68. The number of halogens is 1. The predicted octanol–water partition coefficient (Wildman–Crippen LogP) is 3.87. The van der Waals surface area contributed by atoms with Crippen molar-refractivity contribution in [3.05, 3.63) is 5.82 Å². The third kappa shape index (κ3) is 3.59. The van der Waals surface area contributed by atoms with E-state index in [0.29, 0.717) is 11.8 Å². The van der Waals surface area contributed by atoms with Gasteiger partial charge in [0.05, 0.1) is 0 Å². The first-order valence-corrected chi connectivity index (χ1v) is 6.99. The summed E-state index contributed by atoms with van der Waals surface area (Å²) in [6.07, 6.45) is 1.96. The Balaban J connectivity index is 2.70. The molecule has 0 aliphatic carbocycles. The number of alkyl halides is 1. The fourth-order valence-corrected chi connectivity index (χ4v) is 2.59. The minimum absolute atomic E-state index is 0.0233. The van der Waals surface area contributed by atoms with Crippen molar-refractivity contribution in [1.82, 2.24) is 9.36 Å². The van der Waals surface area contributed by atoms with E-state index in [4.69, 9.17) is 11.6 Å². The van der Waals surface area contributed by atoms with Crippen molar-refractivity contribution in [2.75, 3.05) is 11.2 Å². The van der Waals surface area contributed by atoms with Crippen LogP contribution in [0.5, 0.6) is 0 Å². The highest BCUT2D eigenvalue weighted by molar-refractivity contribution is 7.09. The fourth-order valence-electron chi connectivity index (χ4n) is 1.31. The lowest BCUT2D eigenvalue weighted by Gasteiger charge is -2.28. The largest absolute Gasteiger partial charge is 0.355 e. The maximum atomic E-state index is 5.81. The van der Waals surface area contributed by atoms with Crippen LogP contribution in [-0.4, -0.2) is 20.8 Å². The monoisotopic (exact) mass is 261 g/mol. The van der Waals surface area contributed by atoms with Crippen LogP contribution in [0.4, 0.5) is 5.13 Å². The van der Waals surface area contributed by atoms with Crippen LogP contribution in [-0.2, 0) is 0 Å². The van der Waals surface area contributed by atoms with Crippen molar-refractivity contribution in [3.8, 4) is 0 Å². The SMILES string of the molecule is CCC(C)(CCCl)Nc1nc(C(C)C)ns1. The lowest BCUT2D eigenvalue weighted by atomic mass is 9.96. The smallest absolute Gasteiger partial charge is 0.203 e. The molecule has 5 heteroatoms. The van der Waals surface area contributed by atoms with Crippen molar-refractivity contribution in [1.29, 1.82) is 0 Å². The van der Waals surface area contributed by atoms with Crippen molar-refractivity contribution in [2.45, 2.75) is 52.0 Å². The van der Waals surface area contributed by atoms with Crippen LogP contribution in [0.3, 0.4) is 0 Å². The Morgan fingerprint density at radius 1 is 1.50 bits per heavy atom. The molecule has 1 heterocycles. The average molecular weight is 262 g/mol. The average Bonchev–Trinajstić information content (AvgIpc) is 2.66. The number of aromatic nitrogens is 2. The lowest BCUT2D eigenvalue weighted by molar-refractivity contribution is 0.480. The molecule has 0 aliphatic rings. The molecular formula is C11H20ClN3S.